The van der Waals surface area contributed by atoms with Crippen LogP contribution in [-0.4, -0.2) is 97.4 Å². The maximum absolute atomic E-state index is 14.2. The quantitative estimate of drug-likeness (QED) is 0.761. The number of hydrogen-bond acceptors (Lipinski definition) is 5. The van der Waals surface area contributed by atoms with Crippen LogP contribution in [0.1, 0.15) is 23.2 Å². The third kappa shape index (κ3) is 3.14. The van der Waals surface area contributed by atoms with Gasteiger partial charge in [-0.15, -0.1) is 0 Å². The Hall–Kier alpha value is -1.54. The molecule has 4 saturated heterocycles. The lowest BCUT2D eigenvalue weighted by Crippen LogP contribution is -2.81. The second kappa shape index (κ2) is 7.37. The number of carbonyl (C=O) groups excluding carboxylic acids is 1. The molecule has 1 amide bonds. The summed E-state index contributed by atoms with van der Waals surface area (Å²) in [6, 6.07) is 7.06. The van der Waals surface area contributed by atoms with Gasteiger partial charge in [0.15, 0.2) is 0 Å². The predicted octanol–water partition coefficient (Wildman–Crippen LogP) is 1.22. The molecule has 4 aliphatic rings. The lowest BCUT2D eigenvalue weighted by molar-refractivity contribution is -0.171. The van der Waals surface area contributed by atoms with E-state index in [1.807, 2.05) is 4.90 Å². The highest BCUT2D eigenvalue weighted by atomic mass is 19.1. The number of fused-ring (bicyclic) bond motifs is 2. The Balaban J connectivity index is 1.36. The number of piperazine rings is 1. The van der Waals surface area contributed by atoms with E-state index >= 15 is 0 Å². The minimum atomic E-state index is -0.443. The Morgan fingerprint density at radius 2 is 1.82 bits per heavy atom. The number of hydrogen-bond donors (Lipinski definition) is 0. The normalized spacial score (nSPS) is 28.8. The first-order valence-corrected chi connectivity index (χ1v) is 10.4. The highest BCUT2D eigenvalue weighted by Gasteiger charge is 2.56. The molecular formula is C21H28FN3O3. The van der Waals surface area contributed by atoms with Gasteiger partial charge in [-0.05, 0) is 25.0 Å². The first-order valence-electron chi connectivity index (χ1n) is 10.4. The molecule has 0 saturated carbocycles. The summed E-state index contributed by atoms with van der Waals surface area (Å²) in [5.74, 6) is -0.645. The van der Waals surface area contributed by atoms with Crippen LogP contribution in [0.2, 0.25) is 0 Å². The van der Waals surface area contributed by atoms with E-state index in [9.17, 15) is 9.18 Å². The van der Waals surface area contributed by atoms with E-state index in [0.29, 0.717) is 25.7 Å². The first kappa shape index (κ1) is 18.5. The summed E-state index contributed by atoms with van der Waals surface area (Å²) in [7, 11) is 0. The molecule has 0 bridgehead atoms. The maximum atomic E-state index is 14.2. The Labute approximate surface area is 165 Å². The van der Waals surface area contributed by atoms with Crippen molar-refractivity contribution in [3.05, 3.63) is 35.6 Å². The molecule has 1 spiro atoms. The van der Waals surface area contributed by atoms with E-state index in [-0.39, 0.29) is 23.1 Å². The minimum absolute atomic E-state index is 0.0358. The van der Waals surface area contributed by atoms with Crippen LogP contribution in [0, 0.1) is 5.82 Å². The molecular weight excluding hydrogens is 361 g/mol. The van der Waals surface area contributed by atoms with Crippen molar-refractivity contribution in [2.75, 3.05) is 59.2 Å². The van der Waals surface area contributed by atoms with Crippen LogP contribution in [0.15, 0.2) is 24.3 Å². The van der Waals surface area contributed by atoms with Crippen molar-refractivity contribution in [2.45, 2.75) is 30.5 Å². The summed E-state index contributed by atoms with van der Waals surface area (Å²) >= 11 is 0. The molecule has 0 unspecified atom stereocenters. The molecule has 4 heterocycles. The lowest BCUT2D eigenvalue weighted by Gasteiger charge is -2.64. The molecule has 5 rings (SSSR count). The second-order valence-corrected chi connectivity index (χ2v) is 8.56. The van der Waals surface area contributed by atoms with Crippen molar-refractivity contribution in [3.63, 3.8) is 0 Å². The van der Waals surface area contributed by atoms with Crippen LogP contribution in [0.4, 0.5) is 4.39 Å². The van der Waals surface area contributed by atoms with Crippen molar-refractivity contribution >= 4 is 5.91 Å². The Kier molecular flexibility index (Phi) is 4.87. The fourth-order valence-corrected chi connectivity index (χ4v) is 5.46. The van der Waals surface area contributed by atoms with Crippen molar-refractivity contribution < 1.29 is 18.7 Å². The van der Waals surface area contributed by atoms with E-state index in [2.05, 4.69) is 9.80 Å². The van der Waals surface area contributed by atoms with E-state index in [1.54, 1.807) is 18.2 Å². The molecule has 0 aliphatic carbocycles. The van der Waals surface area contributed by atoms with Crippen molar-refractivity contribution in [3.8, 4) is 0 Å². The largest absolute Gasteiger partial charge is 0.381 e. The number of ether oxygens (including phenoxy) is 2. The van der Waals surface area contributed by atoms with E-state index < -0.39 is 5.82 Å². The van der Waals surface area contributed by atoms with E-state index in [4.69, 9.17) is 9.47 Å². The van der Waals surface area contributed by atoms with Gasteiger partial charge in [0.05, 0.1) is 30.4 Å². The molecule has 0 N–H and O–H groups in total. The highest BCUT2D eigenvalue weighted by molar-refractivity contribution is 5.94. The summed E-state index contributed by atoms with van der Waals surface area (Å²) in [5.41, 5.74) is 0.134. The van der Waals surface area contributed by atoms with Crippen molar-refractivity contribution in [2.24, 2.45) is 0 Å². The minimum Gasteiger partial charge on any atom is -0.381 e. The summed E-state index contributed by atoms with van der Waals surface area (Å²) in [6.07, 6.45) is 2.17. The van der Waals surface area contributed by atoms with Gasteiger partial charge in [0.25, 0.3) is 5.91 Å². The molecule has 4 aliphatic heterocycles. The molecule has 152 valence electrons. The molecule has 0 aromatic heterocycles. The number of benzene rings is 1. The second-order valence-electron chi connectivity index (χ2n) is 8.56. The molecule has 1 aromatic carbocycles. The van der Waals surface area contributed by atoms with Crippen LogP contribution in [0.5, 0.6) is 0 Å². The number of carbonyl (C=O) groups is 1. The Morgan fingerprint density at radius 3 is 2.61 bits per heavy atom. The topological polar surface area (TPSA) is 45.2 Å². The molecule has 6 nitrogen and oxygen atoms in total. The molecule has 28 heavy (non-hydrogen) atoms. The van der Waals surface area contributed by atoms with Gasteiger partial charge in [-0.25, -0.2) is 4.39 Å². The number of likely N-dealkylation sites (tertiary alicyclic amines) is 1. The summed E-state index contributed by atoms with van der Waals surface area (Å²) in [5, 5.41) is 0. The number of amides is 1. The van der Waals surface area contributed by atoms with Gasteiger partial charge in [-0.3, -0.25) is 14.6 Å². The van der Waals surface area contributed by atoms with Crippen LogP contribution < -0.4 is 0 Å². The monoisotopic (exact) mass is 389 g/mol. The van der Waals surface area contributed by atoms with Crippen LogP contribution in [0.25, 0.3) is 0 Å². The van der Waals surface area contributed by atoms with E-state index in [1.165, 1.54) is 6.07 Å². The summed E-state index contributed by atoms with van der Waals surface area (Å²) in [6.45, 7) is 7.18. The highest BCUT2D eigenvalue weighted by Crippen LogP contribution is 2.38. The average Bonchev–Trinajstić information content (AvgIpc) is 2.71. The van der Waals surface area contributed by atoms with Gasteiger partial charge in [0.1, 0.15) is 5.82 Å². The van der Waals surface area contributed by atoms with Gasteiger partial charge in [-0.2, -0.15) is 0 Å². The zero-order valence-corrected chi connectivity index (χ0v) is 16.2. The molecule has 1 atom stereocenters. The van der Waals surface area contributed by atoms with Crippen molar-refractivity contribution in [1.29, 1.82) is 0 Å². The number of morpholine rings is 1. The first-order chi connectivity index (χ1) is 13.7. The molecule has 7 heteroatoms. The van der Waals surface area contributed by atoms with Gasteiger partial charge < -0.3 is 14.4 Å². The smallest absolute Gasteiger partial charge is 0.256 e. The Morgan fingerprint density at radius 1 is 1.04 bits per heavy atom. The van der Waals surface area contributed by atoms with Gasteiger partial charge in [0.2, 0.25) is 0 Å². The standard InChI is InChI=1S/C21H28FN3O3/c22-19-4-2-1-3-18(19)20(26)23-11-17-12-28-10-7-25(17)21(13-23)14-24(15-21)16-5-8-27-9-6-16/h1-4,16-17H,5-15H2/t17-/m1/s1. The lowest BCUT2D eigenvalue weighted by atomic mass is 9.80. The van der Waals surface area contributed by atoms with Crippen LogP contribution in [-0.2, 0) is 9.47 Å². The SMILES string of the molecule is O=C(c1ccccc1F)N1C[C@@H]2COCCN2C2(C1)CN(C1CCOCC1)C2. The average molecular weight is 389 g/mol. The predicted molar refractivity (Wildman–Crippen MR) is 102 cm³/mol. The Bertz CT molecular complexity index is 733. The summed E-state index contributed by atoms with van der Waals surface area (Å²) < 4.78 is 25.4. The fraction of sp³-hybridized carbons (Fsp3) is 0.667. The fourth-order valence-electron chi connectivity index (χ4n) is 5.46. The van der Waals surface area contributed by atoms with Crippen LogP contribution in [0.3, 0.4) is 0 Å². The van der Waals surface area contributed by atoms with Gasteiger partial charge in [-0.1, -0.05) is 12.1 Å². The zero-order chi connectivity index (χ0) is 19.1. The molecule has 4 fully saturated rings. The number of rotatable bonds is 2. The molecule has 0 radical (unpaired) electrons. The zero-order valence-electron chi connectivity index (χ0n) is 16.2. The third-order valence-electron chi connectivity index (χ3n) is 6.85. The van der Waals surface area contributed by atoms with Crippen LogP contribution >= 0.6 is 0 Å². The van der Waals surface area contributed by atoms with Gasteiger partial charge in [0, 0.05) is 52.0 Å². The molecule has 1 aromatic rings. The van der Waals surface area contributed by atoms with Crippen molar-refractivity contribution in [1.82, 2.24) is 14.7 Å². The third-order valence-corrected chi connectivity index (χ3v) is 6.85. The number of halogens is 1. The number of nitrogens with zero attached hydrogens (tertiary/aromatic N) is 3. The van der Waals surface area contributed by atoms with E-state index in [0.717, 1.165) is 52.3 Å². The van der Waals surface area contributed by atoms with Gasteiger partial charge >= 0.3 is 0 Å². The summed E-state index contributed by atoms with van der Waals surface area (Å²) in [4.78, 5) is 20.1. The maximum Gasteiger partial charge on any atom is 0.256 e.